The van der Waals surface area contributed by atoms with Crippen LogP contribution in [0.2, 0.25) is 0 Å². The molecule has 0 fully saturated rings. The lowest BCUT2D eigenvalue weighted by Gasteiger charge is -2.06. The molecule has 0 unspecified atom stereocenters. The van der Waals surface area contributed by atoms with Gasteiger partial charge in [-0.15, -0.1) is 5.10 Å². The number of benzene rings is 2. The highest BCUT2D eigenvalue weighted by molar-refractivity contribution is 6.07. The molecule has 2 aromatic carbocycles. The number of carbonyl (C=O) groups is 1. The van der Waals surface area contributed by atoms with Crippen LogP contribution in [0.3, 0.4) is 0 Å². The number of ketones is 1. The zero-order valence-corrected chi connectivity index (χ0v) is 11.4. The third-order valence-corrected chi connectivity index (χ3v) is 3.13. The number of aromatic nitrogens is 3. The van der Waals surface area contributed by atoms with Crippen molar-refractivity contribution < 1.29 is 9.53 Å². The van der Waals surface area contributed by atoms with E-state index in [9.17, 15) is 4.79 Å². The Kier molecular flexibility index (Phi) is 3.47. The van der Waals surface area contributed by atoms with Crippen molar-refractivity contribution in [3.8, 4) is 11.4 Å². The molecule has 0 aliphatic rings. The van der Waals surface area contributed by atoms with Gasteiger partial charge in [-0.05, 0) is 24.3 Å². The monoisotopic (exact) mass is 279 g/mol. The summed E-state index contributed by atoms with van der Waals surface area (Å²) < 4.78 is 6.64. The molecule has 0 radical (unpaired) electrons. The molecule has 0 saturated carbocycles. The SMILES string of the molecule is COc1ccc(-n2nncc2C(=O)c2ccccc2)cc1. The van der Waals surface area contributed by atoms with E-state index in [2.05, 4.69) is 10.3 Å². The van der Waals surface area contributed by atoms with Crippen LogP contribution >= 0.6 is 0 Å². The van der Waals surface area contributed by atoms with Crippen LogP contribution in [0.4, 0.5) is 0 Å². The molecule has 0 atom stereocenters. The minimum absolute atomic E-state index is 0.114. The molecule has 5 nitrogen and oxygen atoms in total. The van der Waals surface area contributed by atoms with Crippen LogP contribution in [0.1, 0.15) is 16.1 Å². The molecule has 3 rings (SSSR count). The molecule has 1 aromatic heterocycles. The van der Waals surface area contributed by atoms with E-state index in [0.717, 1.165) is 11.4 Å². The van der Waals surface area contributed by atoms with Gasteiger partial charge in [-0.25, -0.2) is 4.68 Å². The van der Waals surface area contributed by atoms with E-state index < -0.39 is 0 Å². The highest BCUT2D eigenvalue weighted by Gasteiger charge is 2.16. The number of hydrogen-bond acceptors (Lipinski definition) is 4. The Balaban J connectivity index is 1.99. The van der Waals surface area contributed by atoms with Crippen LogP contribution in [-0.4, -0.2) is 27.9 Å². The number of rotatable bonds is 4. The second-order valence-electron chi connectivity index (χ2n) is 4.42. The lowest BCUT2D eigenvalue weighted by molar-refractivity contribution is 0.103. The zero-order chi connectivity index (χ0) is 14.7. The van der Waals surface area contributed by atoms with Gasteiger partial charge < -0.3 is 4.74 Å². The van der Waals surface area contributed by atoms with E-state index in [0.29, 0.717) is 11.3 Å². The van der Waals surface area contributed by atoms with Crippen molar-refractivity contribution in [1.82, 2.24) is 15.0 Å². The normalized spacial score (nSPS) is 10.3. The molecule has 0 saturated heterocycles. The van der Waals surface area contributed by atoms with Crippen molar-refractivity contribution in [3.63, 3.8) is 0 Å². The number of ether oxygens (including phenoxy) is 1. The average Bonchev–Trinajstić information content (AvgIpc) is 3.04. The number of carbonyl (C=O) groups excluding carboxylic acids is 1. The topological polar surface area (TPSA) is 57.0 Å². The van der Waals surface area contributed by atoms with E-state index in [-0.39, 0.29) is 5.78 Å². The van der Waals surface area contributed by atoms with Crippen LogP contribution in [0.25, 0.3) is 5.69 Å². The third-order valence-electron chi connectivity index (χ3n) is 3.13. The Morgan fingerprint density at radius 2 is 1.76 bits per heavy atom. The van der Waals surface area contributed by atoms with E-state index >= 15 is 0 Å². The van der Waals surface area contributed by atoms with Crippen LogP contribution in [0.5, 0.6) is 5.75 Å². The summed E-state index contributed by atoms with van der Waals surface area (Å²) in [5.74, 6) is 0.631. The van der Waals surface area contributed by atoms with Crippen LogP contribution in [-0.2, 0) is 0 Å². The summed E-state index contributed by atoms with van der Waals surface area (Å²) >= 11 is 0. The van der Waals surface area contributed by atoms with E-state index in [1.54, 1.807) is 19.2 Å². The first-order valence-corrected chi connectivity index (χ1v) is 6.44. The molecule has 21 heavy (non-hydrogen) atoms. The Labute approximate surface area is 121 Å². The minimum atomic E-state index is -0.114. The number of methoxy groups -OCH3 is 1. The fraction of sp³-hybridized carbons (Fsp3) is 0.0625. The molecular formula is C16H13N3O2. The van der Waals surface area contributed by atoms with Gasteiger partial charge in [0, 0.05) is 5.56 Å². The van der Waals surface area contributed by atoms with Crippen LogP contribution in [0.15, 0.2) is 60.8 Å². The molecule has 5 heteroatoms. The lowest BCUT2D eigenvalue weighted by Crippen LogP contribution is -2.09. The highest BCUT2D eigenvalue weighted by Crippen LogP contribution is 2.17. The summed E-state index contributed by atoms with van der Waals surface area (Å²) in [6, 6.07) is 16.4. The Morgan fingerprint density at radius 1 is 1.05 bits per heavy atom. The van der Waals surface area contributed by atoms with Crippen molar-refractivity contribution in [2.45, 2.75) is 0 Å². The molecule has 0 bridgehead atoms. The summed E-state index contributed by atoms with van der Waals surface area (Å²) in [6.07, 6.45) is 1.47. The molecule has 0 aliphatic heterocycles. The van der Waals surface area contributed by atoms with Gasteiger partial charge in [-0.3, -0.25) is 4.79 Å². The van der Waals surface area contributed by atoms with Gasteiger partial charge in [0.2, 0.25) is 5.78 Å². The van der Waals surface area contributed by atoms with E-state index in [4.69, 9.17) is 4.74 Å². The van der Waals surface area contributed by atoms with Gasteiger partial charge in [-0.2, -0.15) is 0 Å². The van der Waals surface area contributed by atoms with Crippen molar-refractivity contribution >= 4 is 5.78 Å². The first kappa shape index (κ1) is 13.1. The van der Waals surface area contributed by atoms with Crippen molar-refractivity contribution in [1.29, 1.82) is 0 Å². The fourth-order valence-electron chi connectivity index (χ4n) is 2.04. The smallest absolute Gasteiger partial charge is 0.213 e. The standard InChI is InChI=1S/C16H13N3O2/c1-21-14-9-7-13(8-10-14)19-15(11-17-18-19)16(20)12-5-3-2-4-6-12/h2-11H,1H3. The van der Waals surface area contributed by atoms with Gasteiger partial charge in [0.15, 0.2) is 0 Å². The molecule has 0 aliphatic carbocycles. The molecular weight excluding hydrogens is 266 g/mol. The summed E-state index contributed by atoms with van der Waals surface area (Å²) in [5, 5.41) is 7.84. The molecule has 3 aromatic rings. The van der Waals surface area contributed by atoms with Crippen molar-refractivity contribution in [2.75, 3.05) is 7.11 Å². The molecule has 0 amide bonds. The second-order valence-corrected chi connectivity index (χ2v) is 4.42. The van der Waals surface area contributed by atoms with Gasteiger partial charge in [0.1, 0.15) is 11.4 Å². The van der Waals surface area contributed by atoms with Crippen molar-refractivity contribution in [2.24, 2.45) is 0 Å². The van der Waals surface area contributed by atoms with Gasteiger partial charge >= 0.3 is 0 Å². The van der Waals surface area contributed by atoms with Crippen LogP contribution in [0, 0.1) is 0 Å². The first-order chi connectivity index (χ1) is 10.3. The predicted octanol–water partition coefficient (Wildman–Crippen LogP) is 2.51. The Morgan fingerprint density at radius 3 is 2.43 bits per heavy atom. The summed E-state index contributed by atoms with van der Waals surface area (Å²) in [4.78, 5) is 12.5. The Hall–Kier alpha value is -2.95. The number of hydrogen-bond donors (Lipinski definition) is 0. The second kappa shape index (κ2) is 5.58. The van der Waals surface area contributed by atoms with Crippen molar-refractivity contribution in [3.05, 3.63) is 72.1 Å². The quantitative estimate of drug-likeness (QED) is 0.688. The van der Waals surface area contributed by atoms with Gasteiger partial charge in [0.25, 0.3) is 0 Å². The van der Waals surface area contributed by atoms with Gasteiger partial charge in [-0.1, -0.05) is 35.5 Å². The molecule has 0 N–H and O–H groups in total. The summed E-state index contributed by atoms with van der Waals surface area (Å²) in [5.41, 5.74) is 1.79. The van der Waals surface area contributed by atoms with Crippen LogP contribution < -0.4 is 4.74 Å². The Bertz CT molecular complexity index is 749. The maximum atomic E-state index is 12.5. The predicted molar refractivity (Wildman–Crippen MR) is 77.8 cm³/mol. The highest BCUT2D eigenvalue weighted by atomic mass is 16.5. The first-order valence-electron chi connectivity index (χ1n) is 6.44. The van der Waals surface area contributed by atoms with E-state index in [1.807, 2.05) is 42.5 Å². The average molecular weight is 279 g/mol. The molecule has 0 spiro atoms. The minimum Gasteiger partial charge on any atom is -0.497 e. The summed E-state index contributed by atoms with van der Waals surface area (Å²) in [7, 11) is 1.61. The zero-order valence-electron chi connectivity index (χ0n) is 11.4. The third kappa shape index (κ3) is 2.53. The van der Waals surface area contributed by atoms with Gasteiger partial charge in [0.05, 0.1) is 19.0 Å². The molecule has 1 heterocycles. The molecule has 104 valence electrons. The van der Waals surface area contributed by atoms with E-state index in [1.165, 1.54) is 10.9 Å². The lowest BCUT2D eigenvalue weighted by atomic mass is 10.1. The maximum Gasteiger partial charge on any atom is 0.213 e. The fourth-order valence-corrected chi connectivity index (χ4v) is 2.04. The summed E-state index contributed by atoms with van der Waals surface area (Å²) in [6.45, 7) is 0. The number of nitrogens with zero attached hydrogens (tertiary/aromatic N) is 3. The maximum absolute atomic E-state index is 12.5. The largest absolute Gasteiger partial charge is 0.497 e.